The lowest BCUT2D eigenvalue weighted by Gasteiger charge is -2.23. The van der Waals surface area contributed by atoms with Gasteiger partial charge in [0.2, 0.25) is 5.91 Å². The third-order valence-corrected chi connectivity index (χ3v) is 5.71. The molecule has 4 rings (SSSR count). The Labute approximate surface area is 192 Å². The van der Waals surface area contributed by atoms with Crippen molar-refractivity contribution in [1.29, 1.82) is 0 Å². The van der Waals surface area contributed by atoms with E-state index < -0.39 is 0 Å². The first kappa shape index (κ1) is 22.3. The maximum absolute atomic E-state index is 13.6. The second-order valence-electron chi connectivity index (χ2n) is 8.35. The Hall–Kier alpha value is -2.90. The number of amides is 1. The third kappa shape index (κ3) is 4.95. The molecule has 2 N–H and O–H groups in total. The quantitative estimate of drug-likeness (QED) is 0.620. The van der Waals surface area contributed by atoms with Crippen LogP contribution in [0.15, 0.2) is 47.3 Å². The van der Waals surface area contributed by atoms with E-state index in [1.807, 2.05) is 44.2 Å². The van der Waals surface area contributed by atoms with Gasteiger partial charge in [0, 0.05) is 41.9 Å². The summed E-state index contributed by atoms with van der Waals surface area (Å²) < 4.78 is 1.44. The number of hydrogen-bond acceptors (Lipinski definition) is 5. The highest BCUT2D eigenvalue weighted by Crippen LogP contribution is 2.25. The fourth-order valence-corrected chi connectivity index (χ4v) is 4.21. The molecule has 1 aliphatic rings. The third-order valence-electron chi connectivity index (χ3n) is 5.48. The summed E-state index contributed by atoms with van der Waals surface area (Å²) in [6.07, 6.45) is 1.05. The molecule has 0 saturated carbocycles. The Kier molecular flexibility index (Phi) is 6.77. The van der Waals surface area contributed by atoms with E-state index in [9.17, 15) is 9.59 Å². The predicted molar refractivity (Wildman–Crippen MR) is 129 cm³/mol. The van der Waals surface area contributed by atoms with Crippen LogP contribution < -0.4 is 21.1 Å². The number of aromatic nitrogens is 2. The second kappa shape index (κ2) is 9.71. The van der Waals surface area contributed by atoms with E-state index in [0.717, 1.165) is 38.3 Å². The predicted octanol–water partition coefficient (Wildman–Crippen LogP) is 3.04. The van der Waals surface area contributed by atoms with E-state index in [1.165, 1.54) is 4.57 Å². The van der Waals surface area contributed by atoms with Crippen molar-refractivity contribution >= 4 is 34.1 Å². The van der Waals surface area contributed by atoms with Crippen molar-refractivity contribution in [2.45, 2.75) is 32.9 Å². The topological polar surface area (TPSA) is 79.3 Å². The summed E-state index contributed by atoms with van der Waals surface area (Å²) >= 11 is 6.19. The van der Waals surface area contributed by atoms with Crippen LogP contribution in [0.2, 0.25) is 5.02 Å². The SMILES string of the molecule is CC(C)NC(=O)Cn1c(-c2cccc(Cl)c2)nc2ccc(N3CCCNCC3)cc2c1=O. The Balaban J connectivity index is 1.84. The van der Waals surface area contributed by atoms with Gasteiger partial charge in [-0.3, -0.25) is 14.2 Å². The maximum atomic E-state index is 13.6. The standard InChI is InChI=1S/C24H28ClN5O2/c1-16(2)27-22(31)15-30-23(17-5-3-6-18(25)13-17)28-21-8-7-19(14-20(21)24(30)32)29-11-4-9-26-10-12-29/h3,5-8,13-14,16,26H,4,9-12,15H2,1-2H3,(H,27,31). The average Bonchev–Trinajstić information content (AvgIpc) is 3.04. The van der Waals surface area contributed by atoms with Gasteiger partial charge in [-0.2, -0.15) is 0 Å². The highest BCUT2D eigenvalue weighted by Gasteiger charge is 2.18. The van der Waals surface area contributed by atoms with Crippen LogP contribution in [-0.4, -0.2) is 47.7 Å². The number of nitrogens with zero attached hydrogens (tertiary/aromatic N) is 3. The van der Waals surface area contributed by atoms with Gasteiger partial charge < -0.3 is 15.5 Å². The molecule has 32 heavy (non-hydrogen) atoms. The Morgan fingerprint density at radius 3 is 2.81 bits per heavy atom. The van der Waals surface area contributed by atoms with Gasteiger partial charge in [0.1, 0.15) is 12.4 Å². The molecule has 168 valence electrons. The van der Waals surface area contributed by atoms with Gasteiger partial charge >= 0.3 is 0 Å². The fourth-order valence-electron chi connectivity index (χ4n) is 4.02. The Morgan fingerprint density at radius 2 is 2.03 bits per heavy atom. The van der Waals surface area contributed by atoms with Gasteiger partial charge in [-0.05, 0) is 57.1 Å². The molecule has 1 fully saturated rings. The summed E-state index contributed by atoms with van der Waals surface area (Å²) in [7, 11) is 0. The first-order valence-corrected chi connectivity index (χ1v) is 11.4. The molecular formula is C24H28ClN5O2. The molecule has 0 radical (unpaired) electrons. The number of hydrogen-bond donors (Lipinski definition) is 2. The average molecular weight is 454 g/mol. The van der Waals surface area contributed by atoms with Crippen molar-refractivity contribution in [3.05, 3.63) is 57.8 Å². The molecule has 3 aromatic rings. The van der Waals surface area contributed by atoms with Crippen LogP contribution in [0, 0.1) is 0 Å². The monoisotopic (exact) mass is 453 g/mol. The van der Waals surface area contributed by atoms with E-state index in [1.54, 1.807) is 12.1 Å². The minimum atomic E-state index is -0.237. The molecule has 1 aliphatic heterocycles. The van der Waals surface area contributed by atoms with Crippen LogP contribution in [0.25, 0.3) is 22.3 Å². The zero-order valence-corrected chi connectivity index (χ0v) is 19.2. The molecule has 0 atom stereocenters. The summed E-state index contributed by atoms with van der Waals surface area (Å²) in [6, 6.07) is 12.9. The van der Waals surface area contributed by atoms with Crippen LogP contribution in [0.4, 0.5) is 5.69 Å². The number of carbonyl (C=O) groups excluding carboxylic acids is 1. The van der Waals surface area contributed by atoms with Crippen LogP contribution >= 0.6 is 11.6 Å². The summed E-state index contributed by atoms with van der Waals surface area (Å²) in [5, 5.41) is 7.30. The summed E-state index contributed by atoms with van der Waals surface area (Å²) in [5.74, 6) is 0.192. The van der Waals surface area contributed by atoms with Gasteiger partial charge in [-0.15, -0.1) is 0 Å². The number of rotatable bonds is 5. The summed E-state index contributed by atoms with van der Waals surface area (Å²) in [6.45, 7) is 7.37. The van der Waals surface area contributed by atoms with Gasteiger partial charge in [-0.1, -0.05) is 23.7 Å². The maximum Gasteiger partial charge on any atom is 0.262 e. The van der Waals surface area contributed by atoms with Crippen LogP contribution in [0.1, 0.15) is 20.3 Å². The zero-order valence-electron chi connectivity index (χ0n) is 18.4. The molecule has 1 amide bonds. The molecule has 8 heteroatoms. The number of carbonyl (C=O) groups is 1. The van der Waals surface area contributed by atoms with Crippen LogP contribution in [-0.2, 0) is 11.3 Å². The zero-order chi connectivity index (χ0) is 22.7. The van der Waals surface area contributed by atoms with Crippen molar-refractivity contribution in [2.75, 3.05) is 31.1 Å². The molecule has 2 aromatic carbocycles. The van der Waals surface area contributed by atoms with E-state index >= 15 is 0 Å². The molecule has 0 unspecified atom stereocenters. The van der Waals surface area contributed by atoms with E-state index in [4.69, 9.17) is 16.6 Å². The fraction of sp³-hybridized carbons (Fsp3) is 0.375. The van der Waals surface area contributed by atoms with Gasteiger partial charge in [0.05, 0.1) is 10.9 Å². The van der Waals surface area contributed by atoms with Gasteiger partial charge in [-0.25, -0.2) is 4.98 Å². The Morgan fingerprint density at radius 1 is 1.19 bits per heavy atom. The van der Waals surface area contributed by atoms with Crippen LogP contribution in [0.3, 0.4) is 0 Å². The van der Waals surface area contributed by atoms with Crippen LogP contribution in [0.5, 0.6) is 0 Å². The number of anilines is 1. The first-order valence-electron chi connectivity index (χ1n) is 11.0. The van der Waals surface area contributed by atoms with E-state index in [0.29, 0.717) is 27.3 Å². The Bertz CT molecular complexity index is 1180. The lowest BCUT2D eigenvalue weighted by molar-refractivity contribution is -0.122. The largest absolute Gasteiger partial charge is 0.370 e. The van der Waals surface area contributed by atoms with Crippen molar-refractivity contribution in [2.24, 2.45) is 0 Å². The highest BCUT2D eigenvalue weighted by molar-refractivity contribution is 6.30. The van der Waals surface area contributed by atoms with Crippen molar-refractivity contribution < 1.29 is 4.79 Å². The minimum absolute atomic E-state index is 0.0236. The smallest absolute Gasteiger partial charge is 0.262 e. The normalized spacial score (nSPS) is 14.6. The first-order chi connectivity index (χ1) is 15.4. The summed E-state index contributed by atoms with van der Waals surface area (Å²) in [5.41, 5.74) is 2.05. The van der Waals surface area contributed by atoms with Crippen molar-refractivity contribution in [3.8, 4) is 11.4 Å². The lowest BCUT2D eigenvalue weighted by atomic mass is 10.1. The number of fused-ring (bicyclic) bond motifs is 1. The highest BCUT2D eigenvalue weighted by atomic mass is 35.5. The molecule has 1 aromatic heterocycles. The molecule has 1 saturated heterocycles. The minimum Gasteiger partial charge on any atom is -0.370 e. The molecule has 2 heterocycles. The lowest BCUT2D eigenvalue weighted by Crippen LogP contribution is -2.37. The molecular weight excluding hydrogens is 426 g/mol. The molecule has 0 bridgehead atoms. The van der Waals surface area contributed by atoms with Crippen molar-refractivity contribution in [3.63, 3.8) is 0 Å². The second-order valence-corrected chi connectivity index (χ2v) is 8.79. The number of halogens is 1. The van der Waals surface area contributed by atoms with E-state index in [2.05, 4.69) is 15.5 Å². The molecule has 0 spiro atoms. The van der Waals surface area contributed by atoms with Crippen molar-refractivity contribution in [1.82, 2.24) is 20.2 Å². The van der Waals surface area contributed by atoms with E-state index in [-0.39, 0.29) is 24.1 Å². The summed E-state index contributed by atoms with van der Waals surface area (Å²) in [4.78, 5) is 33.2. The number of nitrogens with one attached hydrogen (secondary N) is 2. The van der Waals surface area contributed by atoms with Gasteiger partial charge in [0.25, 0.3) is 5.56 Å². The number of benzene rings is 2. The van der Waals surface area contributed by atoms with Gasteiger partial charge in [0.15, 0.2) is 0 Å². The molecule has 0 aliphatic carbocycles. The molecule has 7 nitrogen and oxygen atoms in total.